The second-order valence-electron chi connectivity index (χ2n) is 7.40. The molecule has 0 aliphatic rings. The summed E-state index contributed by atoms with van der Waals surface area (Å²) in [6.45, 7) is 6.26. The standard InChI is InChI=1S/C24H26O4/c1-15(2)5-4-6-16(3)7-10-20-21(12-19(26)13-22(20)27)24-11-17-8-9-18(25)14-23(17)28-24/h5,7-9,11-14,25-27H,4,6,10H2,1-3H3/b16-7+. The van der Waals surface area contributed by atoms with Crippen molar-refractivity contribution in [3.05, 3.63) is 65.3 Å². The predicted octanol–water partition coefficient (Wildman–Crippen LogP) is 6.45. The first kappa shape index (κ1) is 19.6. The van der Waals surface area contributed by atoms with Crippen molar-refractivity contribution >= 4 is 11.0 Å². The number of furan rings is 1. The van der Waals surface area contributed by atoms with E-state index in [4.69, 9.17) is 4.42 Å². The summed E-state index contributed by atoms with van der Waals surface area (Å²) in [7, 11) is 0. The van der Waals surface area contributed by atoms with E-state index < -0.39 is 0 Å². The highest BCUT2D eigenvalue weighted by molar-refractivity contribution is 5.85. The fourth-order valence-corrected chi connectivity index (χ4v) is 3.20. The minimum absolute atomic E-state index is 0.0242. The molecule has 3 rings (SSSR count). The third kappa shape index (κ3) is 4.58. The molecule has 0 spiro atoms. The molecule has 146 valence electrons. The van der Waals surface area contributed by atoms with Gasteiger partial charge in [0.2, 0.25) is 0 Å². The van der Waals surface area contributed by atoms with Gasteiger partial charge >= 0.3 is 0 Å². The number of hydrogen-bond donors (Lipinski definition) is 3. The first-order valence-corrected chi connectivity index (χ1v) is 9.40. The molecule has 3 aromatic rings. The minimum Gasteiger partial charge on any atom is -0.508 e. The Kier molecular flexibility index (Phi) is 5.78. The van der Waals surface area contributed by atoms with Crippen molar-refractivity contribution in [1.82, 2.24) is 0 Å². The monoisotopic (exact) mass is 378 g/mol. The smallest absolute Gasteiger partial charge is 0.138 e. The Hall–Kier alpha value is -3.14. The lowest BCUT2D eigenvalue weighted by Gasteiger charge is -2.10. The Balaban J connectivity index is 1.94. The van der Waals surface area contributed by atoms with E-state index in [2.05, 4.69) is 32.9 Å². The van der Waals surface area contributed by atoms with Gasteiger partial charge in [0.1, 0.15) is 28.6 Å². The zero-order valence-corrected chi connectivity index (χ0v) is 16.5. The Labute approximate surface area is 165 Å². The number of phenolic OH excluding ortho intramolecular Hbond substituents is 3. The molecule has 3 N–H and O–H groups in total. The summed E-state index contributed by atoms with van der Waals surface area (Å²) in [5, 5.41) is 30.9. The van der Waals surface area contributed by atoms with Gasteiger partial charge in [-0.2, -0.15) is 0 Å². The topological polar surface area (TPSA) is 73.8 Å². The van der Waals surface area contributed by atoms with Crippen LogP contribution in [0.25, 0.3) is 22.3 Å². The molecule has 0 saturated carbocycles. The van der Waals surface area contributed by atoms with E-state index in [0.717, 1.165) is 18.2 Å². The Morgan fingerprint density at radius 2 is 1.71 bits per heavy atom. The van der Waals surface area contributed by atoms with Crippen molar-refractivity contribution in [3.63, 3.8) is 0 Å². The average molecular weight is 378 g/mol. The van der Waals surface area contributed by atoms with Crippen LogP contribution in [0, 0.1) is 0 Å². The van der Waals surface area contributed by atoms with E-state index in [-0.39, 0.29) is 17.2 Å². The molecule has 1 aromatic heterocycles. The number of benzene rings is 2. The highest BCUT2D eigenvalue weighted by atomic mass is 16.3. The SMILES string of the molecule is CC(C)=CCC/C(C)=C/Cc1c(O)cc(O)cc1-c1cc2ccc(O)cc2o1. The van der Waals surface area contributed by atoms with Crippen LogP contribution >= 0.6 is 0 Å². The second kappa shape index (κ2) is 8.26. The predicted molar refractivity (Wildman–Crippen MR) is 113 cm³/mol. The summed E-state index contributed by atoms with van der Waals surface area (Å²) in [4.78, 5) is 0. The van der Waals surface area contributed by atoms with E-state index in [9.17, 15) is 15.3 Å². The number of hydrogen-bond acceptors (Lipinski definition) is 4. The van der Waals surface area contributed by atoms with Crippen LogP contribution in [0.5, 0.6) is 17.2 Å². The summed E-state index contributed by atoms with van der Waals surface area (Å²) in [6, 6.07) is 9.71. The van der Waals surface area contributed by atoms with Crippen molar-refractivity contribution in [2.75, 3.05) is 0 Å². The first-order chi connectivity index (χ1) is 13.3. The molecule has 2 aromatic carbocycles. The van der Waals surface area contributed by atoms with Crippen LogP contribution in [0.2, 0.25) is 0 Å². The molecule has 0 radical (unpaired) electrons. The highest BCUT2D eigenvalue weighted by Gasteiger charge is 2.15. The summed E-state index contributed by atoms with van der Waals surface area (Å²) in [5.41, 5.74) is 4.44. The lowest BCUT2D eigenvalue weighted by molar-refractivity contribution is 0.447. The van der Waals surface area contributed by atoms with Gasteiger partial charge < -0.3 is 19.7 Å². The van der Waals surface area contributed by atoms with Gasteiger partial charge in [0.25, 0.3) is 0 Å². The molecule has 4 heteroatoms. The Morgan fingerprint density at radius 3 is 2.46 bits per heavy atom. The van der Waals surface area contributed by atoms with Gasteiger partial charge in [-0.25, -0.2) is 0 Å². The number of fused-ring (bicyclic) bond motifs is 1. The number of aromatic hydroxyl groups is 3. The lowest BCUT2D eigenvalue weighted by Crippen LogP contribution is -1.90. The zero-order valence-electron chi connectivity index (χ0n) is 16.5. The molecule has 0 aliphatic carbocycles. The summed E-state index contributed by atoms with van der Waals surface area (Å²) < 4.78 is 5.87. The van der Waals surface area contributed by atoms with E-state index >= 15 is 0 Å². The van der Waals surface area contributed by atoms with Crippen molar-refractivity contribution in [3.8, 4) is 28.6 Å². The molecule has 4 nitrogen and oxygen atoms in total. The van der Waals surface area contributed by atoms with Crippen molar-refractivity contribution in [2.24, 2.45) is 0 Å². The maximum Gasteiger partial charge on any atom is 0.138 e. The fourth-order valence-electron chi connectivity index (χ4n) is 3.20. The normalized spacial score (nSPS) is 11.8. The van der Waals surface area contributed by atoms with Gasteiger partial charge in [0, 0.05) is 28.6 Å². The van der Waals surface area contributed by atoms with Crippen LogP contribution in [0.3, 0.4) is 0 Å². The van der Waals surface area contributed by atoms with Crippen LogP contribution < -0.4 is 0 Å². The van der Waals surface area contributed by atoms with E-state index in [1.54, 1.807) is 24.3 Å². The molecule has 0 aliphatic heterocycles. The van der Waals surface area contributed by atoms with Gasteiger partial charge in [-0.3, -0.25) is 0 Å². The molecule has 0 fully saturated rings. The van der Waals surface area contributed by atoms with Gasteiger partial charge in [-0.15, -0.1) is 0 Å². The molecule has 0 saturated heterocycles. The molecule has 1 heterocycles. The quantitative estimate of drug-likeness (QED) is 0.431. The fraction of sp³-hybridized carbons (Fsp3) is 0.250. The number of phenols is 3. The number of allylic oxidation sites excluding steroid dienone is 4. The minimum atomic E-state index is -0.0242. The third-order valence-corrected chi connectivity index (χ3v) is 4.73. The van der Waals surface area contributed by atoms with Crippen LogP contribution in [-0.4, -0.2) is 15.3 Å². The van der Waals surface area contributed by atoms with Crippen molar-refractivity contribution in [2.45, 2.75) is 40.0 Å². The first-order valence-electron chi connectivity index (χ1n) is 9.40. The zero-order chi connectivity index (χ0) is 20.3. The molecule has 0 amide bonds. The van der Waals surface area contributed by atoms with Gasteiger partial charge in [0.05, 0.1) is 0 Å². The average Bonchev–Trinajstić information content (AvgIpc) is 3.03. The van der Waals surface area contributed by atoms with Crippen LogP contribution in [0.1, 0.15) is 39.2 Å². The summed E-state index contributed by atoms with van der Waals surface area (Å²) in [6.07, 6.45) is 6.80. The maximum atomic E-state index is 10.4. The maximum absolute atomic E-state index is 10.4. The van der Waals surface area contributed by atoms with Crippen molar-refractivity contribution < 1.29 is 19.7 Å². The lowest BCUT2D eigenvalue weighted by atomic mass is 9.98. The molecule has 0 bridgehead atoms. The third-order valence-electron chi connectivity index (χ3n) is 4.73. The molecular formula is C24H26O4. The van der Waals surface area contributed by atoms with E-state index in [1.165, 1.54) is 17.2 Å². The second-order valence-corrected chi connectivity index (χ2v) is 7.40. The highest BCUT2D eigenvalue weighted by Crippen LogP contribution is 2.38. The summed E-state index contributed by atoms with van der Waals surface area (Å²) >= 11 is 0. The van der Waals surface area contributed by atoms with Gasteiger partial charge in [-0.05, 0) is 64.3 Å². The van der Waals surface area contributed by atoms with E-state index in [0.29, 0.717) is 28.9 Å². The number of rotatable bonds is 6. The molecule has 0 atom stereocenters. The van der Waals surface area contributed by atoms with Crippen LogP contribution in [0.4, 0.5) is 0 Å². The van der Waals surface area contributed by atoms with E-state index in [1.807, 2.05) is 6.07 Å². The Bertz CT molecular complexity index is 1050. The summed E-state index contributed by atoms with van der Waals surface area (Å²) in [5.74, 6) is 0.676. The largest absolute Gasteiger partial charge is 0.508 e. The Morgan fingerprint density at radius 1 is 0.929 bits per heavy atom. The van der Waals surface area contributed by atoms with Crippen molar-refractivity contribution in [1.29, 1.82) is 0 Å². The van der Waals surface area contributed by atoms with Crippen LogP contribution in [0.15, 0.2) is 64.1 Å². The molecular weight excluding hydrogens is 352 g/mol. The van der Waals surface area contributed by atoms with Gasteiger partial charge in [-0.1, -0.05) is 23.3 Å². The molecule has 28 heavy (non-hydrogen) atoms. The molecule has 0 unspecified atom stereocenters. The van der Waals surface area contributed by atoms with Gasteiger partial charge in [0.15, 0.2) is 0 Å². The van der Waals surface area contributed by atoms with Crippen LogP contribution in [-0.2, 0) is 6.42 Å².